The van der Waals surface area contributed by atoms with Gasteiger partial charge in [-0.25, -0.2) is 9.48 Å². The highest BCUT2D eigenvalue weighted by Crippen LogP contribution is 2.28. The van der Waals surface area contributed by atoms with Crippen LogP contribution in [0.2, 0.25) is 5.02 Å². The molecule has 0 fully saturated rings. The van der Waals surface area contributed by atoms with Crippen LogP contribution in [0.15, 0.2) is 24.4 Å². The highest BCUT2D eigenvalue weighted by molar-refractivity contribution is 6.35. The number of anilines is 1. The van der Waals surface area contributed by atoms with Crippen LogP contribution in [0.4, 0.5) is 10.5 Å². The van der Waals surface area contributed by atoms with E-state index in [0.717, 1.165) is 0 Å². The summed E-state index contributed by atoms with van der Waals surface area (Å²) in [6, 6.07) is 4.50. The molecule has 28 heavy (non-hydrogen) atoms. The monoisotopic (exact) mass is 409 g/mol. The second-order valence-corrected chi connectivity index (χ2v) is 6.15. The van der Waals surface area contributed by atoms with Gasteiger partial charge in [0, 0.05) is 39.4 Å². The van der Waals surface area contributed by atoms with E-state index < -0.39 is 17.8 Å². The fourth-order valence-electron chi connectivity index (χ4n) is 2.30. The lowest BCUT2D eigenvalue weighted by atomic mass is 10.1. The van der Waals surface area contributed by atoms with Crippen molar-refractivity contribution >= 4 is 35.1 Å². The van der Waals surface area contributed by atoms with Crippen molar-refractivity contribution in [3.05, 3.63) is 40.5 Å². The lowest BCUT2D eigenvalue weighted by Gasteiger charge is -2.18. The van der Waals surface area contributed by atoms with Crippen molar-refractivity contribution in [3.8, 4) is 5.88 Å². The van der Waals surface area contributed by atoms with E-state index in [1.807, 2.05) is 0 Å². The number of aromatic nitrogens is 2. The van der Waals surface area contributed by atoms with Crippen LogP contribution in [0.5, 0.6) is 5.88 Å². The van der Waals surface area contributed by atoms with Gasteiger partial charge in [0.25, 0.3) is 0 Å². The average molecular weight is 410 g/mol. The third kappa shape index (κ3) is 4.87. The summed E-state index contributed by atoms with van der Waals surface area (Å²) in [4.78, 5) is 37.3. The number of rotatable bonds is 7. The molecule has 0 radical (unpaired) electrons. The predicted molar refractivity (Wildman–Crippen MR) is 101 cm³/mol. The number of methoxy groups -OCH3 is 1. The van der Waals surface area contributed by atoms with E-state index in [1.54, 1.807) is 13.1 Å². The first kappa shape index (κ1) is 21.4. The van der Waals surface area contributed by atoms with E-state index in [1.165, 1.54) is 49.0 Å². The summed E-state index contributed by atoms with van der Waals surface area (Å²) in [5.41, 5.74) is 0.711. The molecule has 0 atom stereocenters. The van der Waals surface area contributed by atoms with E-state index in [-0.39, 0.29) is 35.2 Å². The van der Waals surface area contributed by atoms with Gasteiger partial charge in [-0.05, 0) is 18.2 Å². The summed E-state index contributed by atoms with van der Waals surface area (Å²) >= 11 is 6.26. The zero-order chi connectivity index (χ0) is 20.8. The van der Waals surface area contributed by atoms with E-state index >= 15 is 0 Å². The molecule has 150 valence electrons. The Morgan fingerprint density at radius 3 is 2.54 bits per heavy atom. The summed E-state index contributed by atoms with van der Waals surface area (Å²) in [7, 11) is 4.56. The molecular weight excluding hydrogens is 390 g/mol. The lowest BCUT2D eigenvalue weighted by Crippen LogP contribution is -2.28. The molecule has 1 heterocycles. The lowest BCUT2D eigenvalue weighted by molar-refractivity contribution is -0.132. The molecule has 0 unspecified atom stereocenters. The molecule has 2 aromatic rings. The third-order valence-electron chi connectivity index (χ3n) is 3.74. The van der Waals surface area contributed by atoms with E-state index in [2.05, 4.69) is 5.10 Å². The summed E-state index contributed by atoms with van der Waals surface area (Å²) in [6.45, 7) is 1.62. The summed E-state index contributed by atoms with van der Waals surface area (Å²) in [5, 5.41) is 4.07. The molecule has 0 N–H and O–H groups in total. The largest absolute Gasteiger partial charge is 0.447 e. The number of halogens is 1. The number of ether oxygens (including phenoxy) is 3. The third-order valence-corrected chi connectivity index (χ3v) is 4.05. The van der Waals surface area contributed by atoms with Crippen molar-refractivity contribution in [1.29, 1.82) is 0 Å². The first-order chi connectivity index (χ1) is 13.3. The standard InChI is InChI=1S/C18H20ClN3O6/c1-11(23)28-17-14(10-20-22(17)3)16(24)13-6-5-12(9-15(13)19)21(2)18(25)27-8-7-26-4/h5-6,9-10H,7-8H2,1-4H3. The van der Waals surface area contributed by atoms with Gasteiger partial charge in [-0.1, -0.05) is 11.6 Å². The van der Waals surface area contributed by atoms with Crippen molar-refractivity contribution in [2.45, 2.75) is 6.92 Å². The zero-order valence-corrected chi connectivity index (χ0v) is 16.6. The molecule has 0 saturated heterocycles. The Morgan fingerprint density at radius 2 is 1.93 bits per heavy atom. The molecule has 0 saturated carbocycles. The van der Waals surface area contributed by atoms with Gasteiger partial charge in [-0.3, -0.25) is 14.5 Å². The van der Waals surface area contributed by atoms with Crippen LogP contribution in [-0.2, 0) is 21.3 Å². The SMILES string of the molecule is COCCOC(=O)N(C)c1ccc(C(=O)c2cnn(C)c2OC(C)=O)c(Cl)c1. The average Bonchev–Trinajstić information content (AvgIpc) is 3.00. The Balaban J connectivity index is 2.24. The molecular formula is C18H20ClN3O6. The number of hydrogen-bond acceptors (Lipinski definition) is 7. The molecule has 1 amide bonds. The summed E-state index contributed by atoms with van der Waals surface area (Å²) < 4.78 is 16.2. The summed E-state index contributed by atoms with van der Waals surface area (Å²) in [5.74, 6) is -1.02. The van der Waals surface area contributed by atoms with Crippen molar-refractivity contribution in [1.82, 2.24) is 9.78 Å². The quantitative estimate of drug-likeness (QED) is 0.393. The first-order valence-corrected chi connectivity index (χ1v) is 8.58. The fourth-order valence-corrected chi connectivity index (χ4v) is 2.56. The smallest absolute Gasteiger partial charge is 0.414 e. The maximum Gasteiger partial charge on any atom is 0.414 e. The number of aryl methyl sites for hydroxylation is 1. The minimum Gasteiger partial charge on any atom is -0.447 e. The number of nitrogens with zero attached hydrogens (tertiary/aromatic N) is 3. The Hall–Kier alpha value is -2.91. The van der Waals surface area contributed by atoms with Crippen molar-refractivity contribution < 1.29 is 28.6 Å². The van der Waals surface area contributed by atoms with Gasteiger partial charge in [0.2, 0.25) is 11.7 Å². The Labute approximate surface area is 166 Å². The van der Waals surface area contributed by atoms with Crippen molar-refractivity contribution in [2.75, 3.05) is 32.3 Å². The molecule has 9 nitrogen and oxygen atoms in total. The first-order valence-electron chi connectivity index (χ1n) is 8.20. The van der Waals surface area contributed by atoms with Crippen LogP contribution in [0, 0.1) is 0 Å². The topological polar surface area (TPSA) is 100.0 Å². The van der Waals surface area contributed by atoms with Crippen LogP contribution in [0.25, 0.3) is 0 Å². The Morgan fingerprint density at radius 1 is 1.21 bits per heavy atom. The van der Waals surface area contributed by atoms with Gasteiger partial charge in [0.1, 0.15) is 12.2 Å². The maximum absolute atomic E-state index is 12.8. The number of carbonyl (C=O) groups is 3. The molecule has 0 aliphatic carbocycles. The molecule has 0 spiro atoms. The van der Waals surface area contributed by atoms with Gasteiger partial charge in [0.05, 0.1) is 17.8 Å². The minimum absolute atomic E-state index is 0.0245. The number of hydrogen-bond donors (Lipinski definition) is 0. The Kier molecular flexibility index (Phi) is 7.13. The van der Waals surface area contributed by atoms with Gasteiger partial charge >= 0.3 is 12.1 Å². The number of ketones is 1. The number of esters is 1. The Bertz CT molecular complexity index is 895. The molecule has 0 aliphatic rings. The summed E-state index contributed by atoms with van der Waals surface area (Å²) in [6.07, 6.45) is 0.709. The van der Waals surface area contributed by atoms with Crippen LogP contribution < -0.4 is 9.64 Å². The van der Waals surface area contributed by atoms with Crippen LogP contribution in [0.1, 0.15) is 22.8 Å². The van der Waals surface area contributed by atoms with Crippen molar-refractivity contribution in [3.63, 3.8) is 0 Å². The minimum atomic E-state index is -0.586. The van der Waals surface area contributed by atoms with Crippen LogP contribution in [0.3, 0.4) is 0 Å². The zero-order valence-electron chi connectivity index (χ0n) is 15.9. The van der Waals surface area contributed by atoms with E-state index in [0.29, 0.717) is 5.69 Å². The van der Waals surface area contributed by atoms with Gasteiger partial charge < -0.3 is 14.2 Å². The maximum atomic E-state index is 12.8. The number of carbonyl (C=O) groups excluding carboxylic acids is 3. The molecule has 1 aromatic carbocycles. The van der Waals surface area contributed by atoms with Crippen LogP contribution >= 0.6 is 11.6 Å². The van der Waals surface area contributed by atoms with Crippen LogP contribution in [-0.4, -0.2) is 55.0 Å². The normalized spacial score (nSPS) is 10.5. The molecule has 0 bridgehead atoms. The van der Waals surface area contributed by atoms with E-state index in [9.17, 15) is 14.4 Å². The van der Waals surface area contributed by atoms with Gasteiger partial charge in [-0.2, -0.15) is 5.10 Å². The second-order valence-electron chi connectivity index (χ2n) is 5.74. The highest BCUT2D eigenvalue weighted by Gasteiger charge is 2.23. The number of benzene rings is 1. The number of amides is 1. The van der Waals surface area contributed by atoms with E-state index in [4.69, 9.17) is 25.8 Å². The predicted octanol–water partition coefficient (Wildman–Crippen LogP) is 2.45. The van der Waals surface area contributed by atoms with Gasteiger partial charge in [-0.15, -0.1) is 0 Å². The second kappa shape index (κ2) is 9.34. The van der Waals surface area contributed by atoms with Gasteiger partial charge in [0.15, 0.2) is 0 Å². The fraction of sp³-hybridized carbons (Fsp3) is 0.333. The molecule has 10 heteroatoms. The van der Waals surface area contributed by atoms with Crippen molar-refractivity contribution in [2.24, 2.45) is 7.05 Å². The highest BCUT2D eigenvalue weighted by atomic mass is 35.5. The molecule has 1 aromatic heterocycles. The molecule has 0 aliphatic heterocycles. The molecule has 2 rings (SSSR count).